The minimum absolute atomic E-state index is 0.316. The largest absolute Gasteiger partial charge is 0.399 e. The molecule has 1 atom stereocenters. The number of aliphatic imine (C=N–C) groups is 1. The van der Waals surface area contributed by atoms with Gasteiger partial charge in [-0.15, -0.1) is 0 Å². The molecule has 39 heavy (non-hydrogen) atoms. The number of rotatable bonds is 4. The molecule has 5 nitrogen and oxygen atoms in total. The molecular formula is C33H32N4OSi. The highest BCUT2D eigenvalue weighted by Gasteiger charge is 2.39. The molecule has 194 valence electrons. The van der Waals surface area contributed by atoms with Gasteiger partial charge in [-0.2, -0.15) is 0 Å². The molecule has 6 heteroatoms. The summed E-state index contributed by atoms with van der Waals surface area (Å²) in [7, 11) is -2.15. The molecule has 0 saturated heterocycles. The summed E-state index contributed by atoms with van der Waals surface area (Å²) in [5.74, 6) is -0.316. The summed E-state index contributed by atoms with van der Waals surface area (Å²) in [5.41, 5.74) is 22.2. The first-order valence-corrected chi connectivity index (χ1v) is 16.3. The molecular weight excluding hydrogens is 496 g/mol. The number of carbonyl (C=O) groups is 1. The van der Waals surface area contributed by atoms with Gasteiger partial charge in [0.05, 0.1) is 11.8 Å². The Bertz CT molecular complexity index is 1770. The van der Waals surface area contributed by atoms with Crippen LogP contribution in [0.25, 0.3) is 16.5 Å². The van der Waals surface area contributed by atoms with E-state index >= 15 is 0 Å². The zero-order valence-corrected chi connectivity index (χ0v) is 23.5. The van der Waals surface area contributed by atoms with Gasteiger partial charge in [-0.25, -0.2) is 4.99 Å². The highest BCUT2D eigenvalue weighted by atomic mass is 28.3. The van der Waals surface area contributed by atoms with Crippen LogP contribution in [0.1, 0.15) is 22.3 Å². The first kappa shape index (κ1) is 25.0. The second-order valence-corrected chi connectivity index (χ2v) is 15.3. The molecule has 0 spiro atoms. The number of para-hydroxylation sites is 1. The van der Waals surface area contributed by atoms with Crippen LogP contribution in [0.4, 0.5) is 5.69 Å². The summed E-state index contributed by atoms with van der Waals surface area (Å²) < 4.78 is 0. The number of nitrogens with one attached hydrogen (secondary N) is 1. The Labute approximate surface area is 229 Å². The Balaban J connectivity index is 1.40. The number of nitrogen functional groups attached to an aromatic ring is 1. The molecule has 0 unspecified atom stereocenters. The molecule has 2 aliphatic rings. The smallest absolute Gasteiger partial charge is 0.263 e. The minimum Gasteiger partial charge on any atom is -0.399 e. The second-order valence-electron chi connectivity index (χ2n) is 11.0. The van der Waals surface area contributed by atoms with E-state index in [-0.39, 0.29) is 5.91 Å². The van der Waals surface area contributed by atoms with Crippen molar-refractivity contribution in [3.8, 4) is 0 Å². The summed E-state index contributed by atoms with van der Waals surface area (Å²) >= 11 is 0. The predicted molar refractivity (Wildman–Crippen MR) is 165 cm³/mol. The number of benzene rings is 3. The van der Waals surface area contributed by atoms with Crippen molar-refractivity contribution >= 4 is 47.0 Å². The average molecular weight is 529 g/mol. The summed E-state index contributed by atoms with van der Waals surface area (Å²) in [5, 5.41) is 3.63. The summed E-state index contributed by atoms with van der Waals surface area (Å²) in [6.07, 6.45) is 8.53. The van der Waals surface area contributed by atoms with Crippen molar-refractivity contribution in [2.45, 2.75) is 32.5 Å². The lowest BCUT2D eigenvalue weighted by molar-refractivity contribution is -0.118. The second kappa shape index (κ2) is 9.49. The average Bonchev–Trinajstić information content (AvgIpc) is 3.33. The van der Waals surface area contributed by atoms with Crippen molar-refractivity contribution in [1.29, 1.82) is 0 Å². The van der Waals surface area contributed by atoms with E-state index in [9.17, 15) is 4.79 Å². The summed E-state index contributed by atoms with van der Waals surface area (Å²) in [6, 6.07) is 22.1. The Morgan fingerprint density at radius 1 is 1.00 bits per heavy atom. The zero-order chi connectivity index (χ0) is 27.3. The van der Waals surface area contributed by atoms with Gasteiger partial charge in [0, 0.05) is 22.8 Å². The van der Waals surface area contributed by atoms with Crippen molar-refractivity contribution in [2.75, 3.05) is 5.73 Å². The number of allylic oxidation sites excluding steroid dienone is 5. The van der Waals surface area contributed by atoms with Crippen molar-refractivity contribution < 1.29 is 4.79 Å². The van der Waals surface area contributed by atoms with Gasteiger partial charge in [0.15, 0.2) is 0 Å². The molecule has 4 aromatic rings. The SMILES string of the molecule is Cc1ccccc1C1=C2C=CC(=NC(=O)[C@@H](N)Cc3c[nH]c4ccccc34)C=C2[Si](C)(C)c2cc(N)ccc21. The number of nitrogens with zero attached hydrogens (tertiary/aromatic N) is 1. The molecule has 0 radical (unpaired) electrons. The van der Waals surface area contributed by atoms with E-state index in [2.05, 4.69) is 78.5 Å². The highest BCUT2D eigenvalue weighted by molar-refractivity contribution is 6.98. The van der Waals surface area contributed by atoms with Crippen molar-refractivity contribution in [2.24, 2.45) is 10.7 Å². The first-order chi connectivity index (χ1) is 18.7. The predicted octanol–water partition coefficient (Wildman–Crippen LogP) is 5.36. The third-order valence-corrected chi connectivity index (χ3v) is 11.5. The van der Waals surface area contributed by atoms with Gasteiger partial charge in [0.1, 0.15) is 8.07 Å². The van der Waals surface area contributed by atoms with Crippen LogP contribution < -0.4 is 16.7 Å². The third-order valence-electron chi connectivity index (χ3n) is 8.02. The maximum absolute atomic E-state index is 13.2. The summed E-state index contributed by atoms with van der Waals surface area (Å²) in [4.78, 5) is 20.9. The van der Waals surface area contributed by atoms with E-state index in [1.165, 1.54) is 38.2 Å². The quantitative estimate of drug-likeness (QED) is 0.246. The number of fused-ring (bicyclic) bond motifs is 3. The van der Waals surface area contributed by atoms with Crippen LogP contribution in [0.3, 0.4) is 0 Å². The van der Waals surface area contributed by atoms with Crippen LogP contribution in [0.5, 0.6) is 0 Å². The molecule has 1 aliphatic heterocycles. The molecule has 5 N–H and O–H groups in total. The molecule has 0 saturated carbocycles. The van der Waals surface area contributed by atoms with Crippen LogP contribution in [-0.2, 0) is 11.2 Å². The van der Waals surface area contributed by atoms with Crippen molar-refractivity contribution in [3.63, 3.8) is 0 Å². The topological polar surface area (TPSA) is 97.3 Å². The Kier molecular flexibility index (Phi) is 6.09. The Hall–Kier alpha value is -4.26. The van der Waals surface area contributed by atoms with E-state index in [0.29, 0.717) is 12.1 Å². The monoisotopic (exact) mass is 528 g/mol. The lowest BCUT2D eigenvalue weighted by Gasteiger charge is -2.38. The van der Waals surface area contributed by atoms with Gasteiger partial charge in [-0.1, -0.05) is 67.7 Å². The fourth-order valence-electron chi connectivity index (χ4n) is 5.90. The lowest BCUT2D eigenvalue weighted by atomic mass is 9.87. The normalized spacial score (nSPS) is 17.6. The number of aromatic nitrogens is 1. The van der Waals surface area contributed by atoms with Gasteiger partial charge in [-0.05, 0) is 87.5 Å². The molecule has 6 rings (SSSR count). The Morgan fingerprint density at radius 2 is 1.77 bits per heavy atom. The number of carbonyl (C=O) groups excluding carboxylic acids is 1. The van der Waals surface area contributed by atoms with Gasteiger partial charge < -0.3 is 16.5 Å². The summed E-state index contributed by atoms with van der Waals surface area (Å²) in [6.45, 7) is 6.83. The molecule has 1 amide bonds. The fraction of sp³-hybridized carbons (Fsp3) is 0.152. The van der Waals surface area contributed by atoms with Crippen LogP contribution in [-0.4, -0.2) is 30.7 Å². The van der Waals surface area contributed by atoms with Crippen molar-refractivity contribution in [3.05, 3.63) is 124 Å². The molecule has 2 heterocycles. The number of nitrogens with two attached hydrogens (primary N) is 2. The van der Waals surface area contributed by atoms with Gasteiger partial charge in [0.25, 0.3) is 5.91 Å². The first-order valence-electron chi connectivity index (χ1n) is 13.3. The van der Waals surface area contributed by atoms with Crippen molar-refractivity contribution in [1.82, 2.24) is 4.98 Å². The minimum atomic E-state index is -2.15. The fourth-order valence-corrected chi connectivity index (χ4v) is 8.99. The molecule has 3 aromatic carbocycles. The number of H-pyrrole nitrogens is 1. The van der Waals surface area contributed by atoms with Gasteiger partial charge >= 0.3 is 0 Å². The Morgan fingerprint density at radius 3 is 2.59 bits per heavy atom. The molecule has 1 aromatic heterocycles. The lowest BCUT2D eigenvalue weighted by Crippen LogP contribution is -2.49. The zero-order valence-electron chi connectivity index (χ0n) is 22.5. The number of aromatic amines is 1. The van der Waals surface area contributed by atoms with Crippen LogP contribution >= 0.6 is 0 Å². The number of amides is 1. The maximum Gasteiger partial charge on any atom is 0.263 e. The number of aryl methyl sites for hydroxylation is 1. The number of anilines is 1. The van der Waals surface area contributed by atoms with E-state index in [4.69, 9.17) is 11.5 Å². The number of hydrogen-bond donors (Lipinski definition) is 3. The third kappa shape index (κ3) is 4.32. The molecule has 0 bridgehead atoms. The molecule has 1 aliphatic carbocycles. The maximum atomic E-state index is 13.2. The standard InChI is InChI=1S/C33H32N4OSi/c1-20-8-4-5-9-24(20)32-26-14-12-22(34)17-30(26)39(2,3)31-18-23(13-15-27(31)32)37-33(38)28(35)16-21-19-36-29-11-7-6-10-25(21)29/h4-15,17-19,28,36H,16,34-35H2,1-3H3/t28-/m0/s1. The van der Waals surface area contributed by atoms with E-state index in [1.54, 1.807) is 0 Å². The number of hydrogen-bond acceptors (Lipinski definition) is 3. The highest BCUT2D eigenvalue weighted by Crippen LogP contribution is 2.42. The molecule has 0 fully saturated rings. The van der Waals surface area contributed by atoms with Crippen LogP contribution in [0.2, 0.25) is 13.1 Å². The van der Waals surface area contributed by atoms with Crippen LogP contribution in [0, 0.1) is 6.92 Å². The van der Waals surface area contributed by atoms with E-state index < -0.39 is 14.1 Å². The van der Waals surface area contributed by atoms with Gasteiger partial charge in [-0.3, -0.25) is 4.79 Å². The van der Waals surface area contributed by atoms with E-state index in [1.807, 2.05) is 42.6 Å². The van der Waals surface area contributed by atoms with Crippen LogP contribution in [0.15, 0.2) is 107 Å². The van der Waals surface area contributed by atoms with E-state index in [0.717, 1.165) is 22.2 Å². The van der Waals surface area contributed by atoms with Gasteiger partial charge in [0.2, 0.25) is 0 Å².